The van der Waals surface area contributed by atoms with Gasteiger partial charge in [-0.05, 0) is 25.5 Å². The third-order valence-corrected chi connectivity index (χ3v) is 3.09. The third kappa shape index (κ3) is 2.67. The summed E-state index contributed by atoms with van der Waals surface area (Å²) in [5, 5.41) is 0. The van der Waals surface area contributed by atoms with E-state index in [1.165, 1.54) is 6.33 Å². The first-order valence-corrected chi connectivity index (χ1v) is 6.41. The van der Waals surface area contributed by atoms with Gasteiger partial charge in [0.2, 0.25) is 0 Å². The van der Waals surface area contributed by atoms with Crippen molar-refractivity contribution in [1.82, 2.24) is 9.97 Å². The predicted octanol–water partition coefficient (Wildman–Crippen LogP) is 3.00. The number of anilines is 1. The summed E-state index contributed by atoms with van der Waals surface area (Å²) < 4.78 is 5.43. The smallest absolute Gasteiger partial charge is 0.130 e. The number of aromatic nitrogens is 2. The molecule has 0 aliphatic rings. The highest BCUT2D eigenvalue weighted by Gasteiger charge is 2.14. The summed E-state index contributed by atoms with van der Waals surface area (Å²) in [5.41, 5.74) is 9.98. The first-order valence-electron chi connectivity index (χ1n) is 6.41. The zero-order chi connectivity index (χ0) is 13.8. The molecule has 0 bridgehead atoms. The van der Waals surface area contributed by atoms with E-state index < -0.39 is 0 Å². The SMILES string of the molecule is CCCc1c(N)ncnc1-c1cc(C)ccc1OC. The lowest BCUT2D eigenvalue weighted by Gasteiger charge is -2.13. The molecular weight excluding hydrogens is 238 g/mol. The van der Waals surface area contributed by atoms with Gasteiger partial charge >= 0.3 is 0 Å². The van der Waals surface area contributed by atoms with Gasteiger partial charge < -0.3 is 10.5 Å². The van der Waals surface area contributed by atoms with Crippen molar-refractivity contribution in [3.8, 4) is 17.0 Å². The zero-order valence-electron chi connectivity index (χ0n) is 11.6. The fourth-order valence-corrected chi connectivity index (χ4v) is 2.16. The Hall–Kier alpha value is -2.10. The summed E-state index contributed by atoms with van der Waals surface area (Å²) in [6.07, 6.45) is 3.36. The Kier molecular flexibility index (Phi) is 4.00. The van der Waals surface area contributed by atoms with Crippen molar-refractivity contribution in [2.75, 3.05) is 12.8 Å². The molecule has 0 atom stereocenters. The molecule has 2 aromatic rings. The Labute approximate surface area is 113 Å². The Morgan fingerprint density at radius 2 is 2.05 bits per heavy atom. The second kappa shape index (κ2) is 5.69. The van der Waals surface area contributed by atoms with Crippen LogP contribution >= 0.6 is 0 Å². The van der Waals surface area contributed by atoms with E-state index in [0.29, 0.717) is 5.82 Å². The Morgan fingerprint density at radius 1 is 1.26 bits per heavy atom. The van der Waals surface area contributed by atoms with Gasteiger partial charge in [-0.3, -0.25) is 0 Å². The number of hydrogen-bond donors (Lipinski definition) is 1. The maximum atomic E-state index is 5.98. The number of hydrogen-bond acceptors (Lipinski definition) is 4. The molecule has 2 rings (SSSR count). The average Bonchev–Trinajstić information content (AvgIpc) is 2.41. The van der Waals surface area contributed by atoms with Crippen LogP contribution in [0.5, 0.6) is 5.75 Å². The molecule has 0 aliphatic heterocycles. The van der Waals surface area contributed by atoms with E-state index >= 15 is 0 Å². The van der Waals surface area contributed by atoms with Crippen molar-refractivity contribution >= 4 is 5.82 Å². The van der Waals surface area contributed by atoms with Crippen molar-refractivity contribution in [3.63, 3.8) is 0 Å². The fourth-order valence-electron chi connectivity index (χ4n) is 2.16. The molecule has 1 heterocycles. The largest absolute Gasteiger partial charge is 0.496 e. The standard InChI is InChI=1S/C15H19N3O/c1-4-5-11-14(17-9-18-15(11)16)12-8-10(2)6-7-13(12)19-3/h6-9H,4-5H2,1-3H3,(H2,16,17,18). The highest BCUT2D eigenvalue weighted by atomic mass is 16.5. The molecule has 0 amide bonds. The number of nitrogens with zero attached hydrogens (tertiary/aromatic N) is 2. The van der Waals surface area contributed by atoms with Crippen molar-refractivity contribution in [3.05, 3.63) is 35.7 Å². The second-order valence-electron chi connectivity index (χ2n) is 4.54. The number of aryl methyl sites for hydroxylation is 1. The first-order chi connectivity index (χ1) is 9.17. The number of nitrogen functional groups attached to an aromatic ring is 1. The summed E-state index contributed by atoms with van der Waals surface area (Å²) >= 11 is 0. The highest BCUT2D eigenvalue weighted by Crippen LogP contribution is 2.33. The Balaban J connectivity index is 2.64. The molecule has 0 fully saturated rings. The molecule has 2 N–H and O–H groups in total. The predicted molar refractivity (Wildman–Crippen MR) is 77.2 cm³/mol. The van der Waals surface area contributed by atoms with E-state index in [4.69, 9.17) is 10.5 Å². The molecule has 0 saturated heterocycles. The molecule has 1 aromatic heterocycles. The number of ether oxygens (including phenoxy) is 1. The molecule has 0 unspecified atom stereocenters. The molecule has 19 heavy (non-hydrogen) atoms. The van der Waals surface area contributed by atoms with Gasteiger partial charge in [0, 0.05) is 11.1 Å². The minimum absolute atomic E-state index is 0.551. The molecule has 4 nitrogen and oxygen atoms in total. The van der Waals surface area contributed by atoms with Gasteiger partial charge in [-0.15, -0.1) is 0 Å². The highest BCUT2D eigenvalue weighted by molar-refractivity contribution is 5.73. The maximum absolute atomic E-state index is 5.98. The molecule has 0 aliphatic carbocycles. The average molecular weight is 257 g/mol. The van der Waals surface area contributed by atoms with Crippen LogP contribution < -0.4 is 10.5 Å². The Morgan fingerprint density at radius 3 is 2.74 bits per heavy atom. The monoisotopic (exact) mass is 257 g/mol. The van der Waals surface area contributed by atoms with Gasteiger partial charge in [-0.2, -0.15) is 0 Å². The summed E-state index contributed by atoms with van der Waals surface area (Å²) in [5.74, 6) is 1.36. The van der Waals surface area contributed by atoms with E-state index in [9.17, 15) is 0 Å². The normalized spacial score (nSPS) is 10.5. The van der Waals surface area contributed by atoms with Crippen LogP contribution in [0.15, 0.2) is 24.5 Å². The van der Waals surface area contributed by atoms with E-state index in [2.05, 4.69) is 23.0 Å². The molecular formula is C15H19N3O. The van der Waals surface area contributed by atoms with Gasteiger partial charge in [-0.25, -0.2) is 9.97 Å². The number of benzene rings is 1. The van der Waals surface area contributed by atoms with Crippen LogP contribution in [0.3, 0.4) is 0 Å². The minimum Gasteiger partial charge on any atom is -0.496 e. The van der Waals surface area contributed by atoms with Crippen LogP contribution in [0.4, 0.5) is 5.82 Å². The van der Waals surface area contributed by atoms with E-state index in [1.54, 1.807) is 7.11 Å². The zero-order valence-corrected chi connectivity index (χ0v) is 11.6. The molecule has 1 aromatic carbocycles. The number of rotatable bonds is 4. The molecule has 100 valence electrons. The van der Waals surface area contributed by atoms with Crippen LogP contribution in [-0.4, -0.2) is 17.1 Å². The second-order valence-corrected chi connectivity index (χ2v) is 4.54. The summed E-state index contributed by atoms with van der Waals surface area (Å²) in [7, 11) is 1.66. The van der Waals surface area contributed by atoms with Crippen molar-refractivity contribution in [1.29, 1.82) is 0 Å². The topological polar surface area (TPSA) is 61.0 Å². The van der Waals surface area contributed by atoms with Crippen LogP contribution in [0.1, 0.15) is 24.5 Å². The summed E-state index contributed by atoms with van der Waals surface area (Å²) in [4.78, 5) is 8.49. The van der Waals surface area contributed by atoms with Gasteiger partial charge in [0.15, 0.2) is 0 Å². The van der Waals surface area contributed by atoms with Crippen LogP contribution in [-0.2, 0) is 6.42 Å². The van der Waals surface area contributed by atoms with Crippen molar-refractivity contribution in [2.45, 2.75) is 26.7 Å². The van der Waals surface area contributed by atoms with Gasteiger partial charge in [0.25, 0.3) is 0 Å². The number of nitrogens with two attached hydrogens (primary N) is 1. The molecule has 4 heteroatoms. The maximum Gasteiger partial charge on any atom is 0.130 e. The van der Waals surface area contributed by atoms with Crippen molar-refractivity contribution < 1.29 is 4.74 Å². The third-order valence-electron chi connectivity index (χ3n) is 3.09. The van der Waals surface area contributed by atoms with Gasteiger partial charge in [0.1, 0.15) is 17.9 Å². The first kappa shape index (κ1) is 13.3. The van der Waals surface area contributed by atoms with E-state index in [1.807, 2.05) is 19.1 Å². The fraction of sp³-hybridized carbons (Fsp3) is 0.333. The van der Waals surface area contributed by atoms with Gasteiger partial charge in [-0.1, -0.05) is 25.0 Å². The van der Waals surface area contributed by atoms with E-state index in [-0.39, 0.29) is 0 Å². The van der Waals surface area contributed by atoms with Crippen LogP contribution in [0.2, 0.25) is 0 Å². The minimum atomic E-state index is 0.551. The lowest BCUT2D eigenvalue weighted by molar-refractivity contribution is 0.416. The Bertz CT molecular complexity index is 582. The lowest BCUT2D eigenvalue weighted by atomic mass is 10.0. The lowest BCUT2D eigenvalue weighted by Crippen LogP contribution is -2.03. The van der Waals surface area contributed by atoms with Crippen LogP contribution in [0, 0.1) is 6.92 Å². The van der Waals surface area contributed by atoms with E-state index in [0.717, 1.165) is 41.0 Å². The van der Waals surface area contributed by atoms with Crippen LogP contribution in [0.25, 0.3) is 11.3 Å². The summed E-state index contributed by atoms with van der Waals surface area (Å²) in [6.45, 7) is 4.16. The molecule has 0 radical (unpaired) electrons. The summed E-state index contributed by atoms with van der Waals surface area (Å²) in [6, 6.07) is 6.05. The van der Waals surface area contributed by atoms with Crippen molar-refractivity contribution in [2.24, 2.45) is 0 Å². The number of methoxy groups -OCH3 is 1. The quantitative estimate of drug-likeness (QED) is 0.914. The molecule has 0 saturated carbocycles. The van der Waals surface area contributed by atoms with Gasteiger partial charge in [0.05, 0.1) is 12.8 Å². The molecule has 0 spiro atoms.